The molecule has 4 nitrogen and oxygen atoms in total. The van der Waals surface area contributed by atoms with Crippen molar-refractivity contribution in [1.29, 1.82) is 0 Å². The number of benzene rings is 1. The van der Waals surface area contributed by atoms with Crippen LogP contribution in [0.3, 0.4) is 0 Å². The smallest absolute Gasteiger partial charge is 0.361 e. The van der Waals surface area contributed by atoms with Gasteiger partial charge in [0.25, 0.3) is 0 Å². The van der Waals surface area contributed by atoms with E-state index in [1.807, 2.05) is 26.8 Å². The summed E-state index contributed by atoms with van der Waals surface area (Å²) in [6.07, 6.45) is 3.08. The highest BCUT2D eigenvalue weighted by Crippen LogP contribution is 2.54. The zero-order valence-electron chi connectivity index (χ0n) is 13.6. The van der Waals surface area contributed by atoms with E-state index in [0.717, 1.165) is 41.5 Å². The van der Waals surface area contributed by atoms with Gasteiger partial charge in [-0.3, -0.25) is 4.79 Å². The van der Waals surface area contributed by atoms with Crippen molar-refractivity contribution in [3.8, 4) is 5.75 Å². The van der Waals surface area contributed by atoms with E-state index in [0.29, 0.717) is 12.2 Å². The molecule has 4 heteroatoms. The normalized spacial score (nSPS) is 26.3. The summed E-state index contributed by atoms with van der Waals surface area (Å²) in [6, 6.07) is 2.04. The molecule has 0 amide bonds. The molecule has 0 N–H and O–H groups in total. The van der Waals surface area contributed by atoms with Crippen LogP contribution in [0.25, 0.3) is 0 Å². The molecule has 1 saturated heterocycles. The molecule has 0 bridgehead atoms. The topological polar surface area (TPSA) is 52.6 Å². The average molecular weight is 302 g/mol. The SMILES string of the molecule is CCCC[C@@H]1CC(=O)O[C@]12C(=O)Oc1c(C)c(C)cc(C)c12. The van der Waals surface area contributed by atoms with Crippen LogP contribution in [0, 0.1) is 26.7 Å². The first-order valence-corrected chi connectivity index (χ1v) is 7.97. The molecule has 0 radical (unpaired) electrons. The number of fused-ring (bicyclic) bond motifs is 2. The molecule has 2 atom stereocenters. The highest BCUT2D eigenvalue weighted by atomic mass is 16.6. The summed E-state index contributed by atoms with van der Waals surface area (Å²) in [7, 11) is 0. The number of hydrogen-bond acceptors (Lipinski definition) is 4. The summed E-state index contributed by atoms with van der Waals surface area (Å²) in [4.78, 5) is 24.7. The Morgan fingerprint density at radius 3 is 2.64 bits per heavy atom. The maximum atomic E-state index is 12.7. The lowest BCUT2D eigenvalue weighted by Gasteiger charge is -2.27. The van der Waals surface area contributed by atoms with Gasteiger partial charge in [-0.05, 0) is 43.9 Å². The van der Waals surface area contributed by atoms with Crippen molar-refractivity contribution < 1.29 is 19.1 Å². The van der Waals surface area contributed by atoms with Crippen LogP contribution in [-0.4, -0.2) is 11.9 Å². The van der Waals surface area contributed by atoms with Gasteiger partial charge < -0.3 is 9.47 Å². The first-order valence-electron chi connectivity index (χ1n) is 7.97. The number of carbonyl (C=O) groups excluding carboxylic acids is 2. The third kappa shape index (κ3) is 1.89. The van der Waals surface area contributed by atoms with Gasteiger partial charge in [-0.15, -0.1) is 0 Å². The van der Waals surface area contributed by atoms with E-state index in [1.165, 1.54) is 0 Å². The summed E-state index contributed by atoms with van der Waals surface area (Å²) in [5, 5.41) is 0. The van der Waals surface area contributed by atoms with Crippen molar-refractivity contribution in [2.45, 2.75) is 59.0 Å². The summed E-state index contributed by atoms with van der Waals surface area (Å²) in [5.41, 5.74) is 2.54. The number of aryl methyl sites for hydroxylation is 2. The van der Waals surface area contributed by atoms with Crippen LogP contribution in [0.2, 0.25) is 0 Å². The predicted octanol–water partition coefficient (Wildman–Crippen LogP) is 3.48. The largest absolute Gasteiger partial charge is 0.441 e. The Morgan fingerprint density at radius 1 is 1.23 bits per heavy atom. The molecule has 0 aromatic heterocycles. The second-order valence-electron chi connectivity index (χ2n) is 6.48. The van der Waals surface area contributed by atoms with Gasteiger partial charge in [0.15, 0.2) is 0 Å². The molecule has 1 aromatic rings. The summed E-state index contributed by atoms with van der Waals surface area (Å²) < 4.78 is 11.2. The fraction of sp³-hybridized carbons (Fsp3) is 0.556. The van der Waals surface area contributed by atoms with Crippen LogP contribution < -0.4 is 4.74 Å². The Hall–Kier alpha value is -1.84. The van der Waals surface area contributed by atoms with Gasteiger partial charge in [0.05, 0.1) is 12.0 Å². The van der Waals surface area contributed by atoms with Crippen molar-refractivity contribution >= 4 is 11.9 Å². The van der Waals surface area contributed by atoms with E-state index in [2.05, 4.69) is 6.92 Å². The van der Waals surface area contributed by atoms with Gasteiger partial charge in [0.1, 0.15) is 5.75 Å². The molecule has 1 spiro atoms. The molecular weight excluding hydrogens is 280 g/mol. The minimum atomic E-state index is -1.22. The second kappa shape index (κ2) is 5.11. The molecule has 1 fully saturated rings. The lowest BCUT2D eigenvalue weighted by Crippen LogP contribution is -2.40. The van der Waals surface area contributed by atoms with Crippen LogP contribution in [-0.2, 0) is 19.9 Å². The highest BCUT2D eigenvalue weighted by molar-refractivity contribution is 5.95. The van der Waals surface area contributed by atoms with Crippen LogP contribution in [0.1, 0.15) is 54.9 Å². The molecule has 0 saturated carbocycles. The predicted molar refractivity (Wildman–Crippen MR) is 81.7 cm³/mol. The van der Waals surface area contributed by atoms with Crippen molar-refractivity contribution in [3.63, 3.8) is 0 Å². The quantitative estimate of drug-likeness (QED) is 0.633. The second-order valence-corrected chi connectivity index (χ2v) is 6.48. The maximum absolute atomic E-state index is 12.7. The lowest BCUT2D eigenvalue weighted by molar-refractivity contribution is -0.168. The van der Waals surface area contributed by atoms with Crippen LogP contribution in [0.4, 0.5) is 0 Å². The van der Waals surface area contributed by atoms with Crippen molar-refractivity contribution in [2.75, 3.05) is 0 Å². The Balaban J connectivity index is 2.18. The van der Waals surface area contributed by atoms with Crippen molar-refractivity contribution in [2.24, 2.45) is 5.92 Å². The van der Waals surface area contributed by atoms with E-state index < -0.39 is 11.6 Å². The van der Waals surface area contributed by atoms with Gasteiger partial charge in [0, 0.05) is 5.92 Å². The zero-order chi connectivity index (χ0) is 16.1. The van der Waals surface area contributed by atoms with Crippen molar-refractivity contribution in [1.82, 2.24) is 0 Å². The minimum Gasteiger partial charge on any atom is -0.441 e. The van der Waals surface area contributed by atoms with Gasteiger partial charge in [-0.1, -0.05) is 25.8 Å². The summed E-state index contributed by atoms with van der Waals surface area (Å²) >= 11 is 0. The van der Waals surface area contributed by atoms with Gasteiger partial charge in [-0.2, -0.15) is 0 Å². The average Bonchev–Trinajstić information content (AvgIpc) is 2.94. The van der Waals surface area contributed by atoms with E-state index in [1.54, 1.807) is 0 Å². The molecule has 2 aliphatic rings. The Bertz CT molecular complexity index is 662. The third-order valence-corrected chi connectivity index (χ3v) is 5.02. The Kier molecular flexibility index (Phi) is 3.50. The fourth-order valence-corrected chi connectivity index (χ4v) is 3.78. The maximum Gasteiger partial charge on any atom is 0.361 e. The fourth-order valence-electron chi connectivity index (χ4n) is 3.78. The number of ether oxygens (including phenoxy) is 2. The highest BCUT2D eigenvalue weighted by Gasteiger charge is 2.62. The number of unbranched alkanes of at least 4 members (excludes halogenated alkanes) is 1. The first-order chi connectivity index (χ1) is 10.4. The van der Waals surface area contributed by atoms with E-state index >= 15 is 0 Å². The third-order valence-electron chi connectivity index (χ3n) is 5.02. The number of hydrogen-bond donors (Lipinski definition) is 0. The molecule has 0 unspecified atom stereocenters. The molecule has 2 aliphatic heterocycles. The zero-order valence-corrected chi connectivity index (χ0v) is 13.6. The van der Waals surface area contributed by atoms with Crippen LogP contribution in [0.5, 0.6) is 5.75 Å². The number of rotatable bonds is 3. The Labute approximate surface area is 130 Å². The first kappa shape index (κ1) is 15.1. The van der Waals surface area contributed by atoms with Gasteiger partial charge in [0.2, 0.25) is 5.60 Å². The van der Waals surface area contributed by atoms with E-state index in [9.17, 15) is 9.59 Å². The molecule has 22 heavy (non-hydrogen) atoms. The van der Waals surface area contributed by atoms with Gasteiger partial charge in [-0.25, -0.2) is 4.79 Å². The molecule has 3 rings (SSSR count). The van der Waals surface area contributed by atoms with Gasteiger partial charge >= 0.3 is 11.9 Å². The monoisotopic (exact) mass is 302 g/mol. The van der Waals surface area contributed by atoms with Crippen LogP contribution in [0.15, 0.2) is 6.07 Å². The number of esters is 2. The molecule has 118 valence electrons. The lowest BCUT2D eigenvalue weighted by atomic mass is 9.77. The molecule has 1 aromatic carbocycles. The summed E-state index contributed by atoms with van der Waals surface area (Å²) in [6.45, 7) is 8.00. The minimum absolute atomic E-state index is 0.130. The number of carbonyl (C=O) groups is 2. The van der Waals surface area contributed by atoms with Crippen molar-refractivity contribution in [3.05, 3.63) is 28.3 Å². The van der Waals surface area contributed by atoms with E-state index in [-0.39, 0.29) is 11.9 Å². The molecule has 0 aliphatic carbocycles. The van der Waals surface area contributed by atoms with E-state index in [4.69, 9.17) is 9.47 Å². The molecular formula is C18H22O4. The molecule has 2 heterocycles. The standard InChI is InChI=1S/C18H22O4/c1-5-6-7-13-9-14(19)22-18(13)15-11(3)8-10(2)12(4)16(15)21-17(18)20/h8,13H,5-7,9H2,1-4H3/t13-,18-/m1/s1. The Morgan fingerprint density at radius 2 is 1.95 bits per heavy atom. The van der Waals surface area contributed by atoms with Crippen LogP contribution >= 0.6 is 0 Å². The summed E-state index contributed by atoms with van der Waals surface area (Å²) in [5.74, 6) is -0.261.